The number of nitrogens with one attached hydrogen (secondary N) is 1. The number of methoxy groups -OCH3 is 1. The standard InChI is InChI=1S/C23H22N4O4S2/c1-29-19-6-3-4-7-20(19)31-13-5-12-30-18-10-8-16(9-11-18)14-17(15-24)21(28)25-22-26-23(32-2)27-33-22/h3-4,6-11,14H,5,12-13H2,1-2H3,(H,25,26,27,28). The van der Waals surface area contributed by atoms with Crippen molar-refractivity contribution in [3.05, 3.63) is 59.7 Å². The number of thioether (sulfide) groups is 1. The monoisotopic (exact) mass is 482 g/mol. The molecule has 0 fully saturated rings. The first kappa shape index (κ1) is 24.1. The maximum atomic E-state index is 12.3. The van der Waals surface area contributed by atoms with E-state index in [0.717, 1.165) is 11.5 Å². The van der Waals surface area contributed by atoms with Crippen LogP contribution >= 0.6 is 23.3 Å². The normalized spacial score (nSPS) is 10.9. The van der Waals surface area contributed by atoms with Gasteiger partial charge in [-0.25, -0.2) is 0 Å². The van der Waals surface area contributed by atoms with Crippen LogP contribution in [0.4, 0.5) is 5.13 Å². The smallest absolute Gasteiger partial charge is 0.268 e. The van der Waals surface area contributed by atoms with Crippen LogP contribution in [0.25, 0.3) is 6.08 Å². The lowest BCUT2D eigenvalue weighted by Crippen LogP contribution is -2.13. The Morgan fingerprint density at radius 3 is 2.55 bits per heavy atom. The van der Waals surface area contributed by atoms with Gasteiger partial charge in [0.05, 0.1) is 20.3 Å². The first-order chi connectivity index (χ1) is 16.1. The van der Waals surface area contributed by atoms with Crippen LogP contribution in [0.3, 0.4) is 0 Å². The van der Waals surface area contributed by atoms with Gasteiger partial charge in [-0.2, -0.15) is 14.6 Å². The van der Waals surface area contributed by atoms with Crippen LogP contribution < -0.4 is 19.5 Å². The molecular formula is C23H22N4O4S2. The molecule has 0 aliphatic heterocycles. The van der Waals surface area contributed by atoms with Gasteiger partial charge in [-0.1, -0.05) is 36.0 Å². The molecule has 1 heterocycles. The van der Waals surface area contributed by atoms with Gasteiger partial charge >= 0.3 is 0 Å². The first-order valence-electron chi connectivity index (χ1n) is 9.92. The molecule has 0 saturated heterocycles. The van der Waals surface area contributed by atoms with E-state index in [0.29, 0.717) is 52.7 Å². The van der Waals surface area contributed by atoms with E-state index in [-0.39, 0.29) is 5.57 Å². The summed E-state index contributed by atoms with van der Waals surface area (Å²) in [5.74, 6) is 1.55. The van der Waals surface area contributed by atoms with Crippen molar-refractivity contribution in [3.63, 3.8) is 0 Å². The molecule has 10 heteroatoms. The Balaban J connectivity index is 1.47. The topological polar surface area (TPSA) is 106 Å². The Labute approximate surface area is 200 Å². The summed E-state index contributed by atoms with van der Waals surface area (Å²) in [6.45, 7) is 0.977. The summed E-state index contributed by atoms with van der Waals surface area (Å²) in [6.07, 6.45) is 4.05. The first-order valence-corrected chi connectivity index (χ1v) is 11.9. The zero-order valence-electron chi connectivity index (χ0n) is 18.1. The molecule has 0 saturated carbocycles. The number of nitrogens with zero attached hydrogens (tertiary/aromatic N) is 3. The number of anilines is 1. The van der Waals surface area contributed by atoms with E-state index in [1.165, 1.54) is 17.8 Å². The second kappa shape index (κ2) is 12.5. The van der Waals surface area contributed by atoms with Crippen LogP contribution in [0.1, 0.15) is 12.0 Å². The average molecular weight is 483 g/mol. The minimum Gasteiger partial charge on any atom is -0.493 e. The van der Waals surface area contributed by atoms with Crippen LogP contribution in [-0.2, 0) is 4.79 Å². The second-order valence-corrected chi connectivity index (χ2v) is 8.01. The number of ether oxygens (including phenoxy) is 3. The molecule has 1 N–H and O–H groups in total. The Hall–Kier alpha value is -3.55. The third kappa shape index (κ3) is 7.24. The molecule has 0 radical (unpaired) electrons. The van der Waals surface area contributed by atoms with E-state index < -0.39 is 5.91 Å². The van der Waals surface area contributed by atoms with Crippen molar-refractivity contribution >= 4 is 40.4 Å². The summed E-state index contributed by atoms with van der Waals surface area (Å²) < 4.78 is 20.8. The maximum absolute atomic E-state index is 12.3. The number of hydrogen-bond donors (Lipinski definition) is 1. The summed E-state index contributed by atoms with van der Waals surface area (Å²) in [7, 11) is 1.61. The van der Waals surface area contributed by atoms with Gasteiger partial charge in [0, 0.05) is 18.0 Å². The van der Waals surface area contributed by atoms with Gasteiger partial charge in [-0.3, -0.25) is 10.1 Å². The van der Waals surface area contributed by atoms with Gasteiger partial charge in [0.15, 0.2) is 11.5 Å². The van der Waals surface area contributed by atoms with Crippen molar-refractivity contribution in [2.24, 2.45) is 0 Å². The van der Waals surface area contributed by atoms with Gasteiger partial charge in [0.2, 0.25) is 10.3 Å². The molecule has 170 valence electrons. The summed E-state index contributed by atoms with van der Waals surface area (Å²) in [6, 6.07) is 16.5. The highest BCUT2D eigenvalue weighted by Gasteiger charge is 2.12. The number of nitriles is 1. The van der Waals surface area contributed by atoms with E-state index >= 15 is 0 Å². The zero-order chi connectivity index (χ0) is 23.5. The fourth-order valence-electron chi connectivity index (χ4n) is 2.65. The van der Waals surface area contributed by atoms with Crippen LogP contribution in [0.2, 0.25) is 0 Å². The fraction of sp³-hybridized carbons (Fsp3) is 0.217. The Bertz CT molecular complexity index is 1140. The van der Waals surface area contributed by atoms with Crippen molar-refractivity contribution in [1.82, 2.24) is 9.36 Å². The summed E-state index contributed by atoms with van der Waals surface area (Å²) >= 11 is 2.44. The lowest BCUT2D eigenvalue weighted by Gasteiger charge is -2.11. The van der Waals surface area contributed by atoms with Crippen molar-refractivity contribution in [1.29, 1.82) is 5.26 Å². The van der Waals surface area contributed by atoms with Crippen LogP contribution in [0.15, 0.2) is 59.3 Å². The third-order valence-electron chi connectivity index (χ3n) is 4.25. The minimum absolute atomic E-state index is 0.0296. The van der Waals surface area contributed by atoms with Crippen molar-refractivity contribution < 1.29 is 19.0 Å². The summed E-state index contributed by atoms with van der Waals surface area (Å²) in [4.78, 5) is 16.5. The molecule has 0 bridgehead atoms. The molecule has 0 atom stereocenters. The van der Waals surface area contributed by atoms with Crippen LogP contribution in [-0.4, -0.2) is 41.8 Å². The van der Waals surface area contributed by atoms with Gasteiger partial charge in [-0.05, 0) is 42.2 Å². The minimum atomic E-state index is -0.531. The molecule has 0 unspecified atom stereocenters. The average Bonchev–Trinajstić information content (AvgIpc) is 3.30. The highest BCUT2D eigenvalue weighted by molar-refractivity contribution is 7.98. The number of para-hydroxylation sites is 2. The van der Waals surface area contributed by atoms with Crippen LogP contribution in [0.5, 0.6) is 17.2 Å². The molecule has 33 heavy (non-hydrogen) atoms. The number of amides is 1. The third-order valence-corrected chi connectivity index (χ3v) is 5.54. The Morgan fingerprint density at radius 2 is 1.88 bits per heavy atom. The lowest BCUT2D eigenvalue weighted by atomic mass is 10.1. The number of hydrogen-bond acceptors (Lipinski definition) is 9. The highest BCUT2D eigenvalue weighted by atomic mass is 32.2. The Morgan fingerprint density at radius 1 is 1.15 bits per heavy atom. The van der Waals surface area contributed by atoms with Gasteiger partial charge in [0.1, 0.15) is 17.4 Å². The molecule has 0 spiro atoms. The molecule has 2 aromatic carbocycles. The van der Waals surface area contributed by atoms with Crippen molar-refractivity contribution in [3.8, 4) is 23.3 Å². The van der Waals surface area contributed by atoms with Crippen LogP contribution in [0, 0.1) is 11.3 Å². The predicted octanol–water partition coefficient (Wildman–Crippen LogP) is 4.66. The molecule has 1 amide bonds. The maximum Gasteiger partial charge on any atom is 0.268 e. The number of aromatic nitrogens is 2. The van der Waals surface area contributed by atoms with Gasteiger partial charge < -0.3 is 14.2 Å². The number of carbonyl (C=O) groups is 1. The quantitative estimate of drug-likeness (QED) is 0.182. The second-order valence-electron chi connectivity index (χ2n) is 6.48. The van der Waals surface area contributed by atoms with E-state index in [2.05, 4.69) is 14.7 Å². The van der Waals surface area contributed by atoms with E-state index in [1.54, 1.807) is 31.4 Å². The van der Waals surface area contributed by atoms with Crippen molar-refractivity contribution in [2.75, 3.05) is 31.9 Å². The highest BCUT2D eigenvalue weighted by Crippen LogP contribution is 2.26. The number of benzene rings is 2. The van der Waals surface area contributed by atoms with Crippen molar-refractivity contribution in [2.45, 2.75) is 11.6 Å². The lowest BCUT2D eigenvalue weighted by molar-refractivity contribution is -0.112. The molecular weight excluding hydrogens is 460 g/mol. The zero-order valence-corrected chi connectivity index (χ0v) is 19.7. The largest absolute Gasteiger partial charge is 0.493 e. The summed E-state index contributed by atoms with van der Waals surface area (Å²) in [5, 5.41) is 12.9. The fourth-order valence-corrected chi connectivity index (χ4v) is 3.77. The van der Waals surface area contributed by atoms with E-state index in [1.807, 2.05) is 36.6 Å². The number of rotatable bonds is 11. The molecule has 3 aromatic rings. The SMILES string of the molecule is COc1ccccc1OCCCOc1ccc(C=C(C#N)C(=O)Nc2nc(SC)ns2)cc1. The van der Waals surface area contributed by atoms with Gasteiger partial charge in [0.25, 0.3) is 5.91 Å². The molecule has 0 aliphatic carbocycles. The number of carbonyl (C=O) groups excluding carboxylic acids is 1. The van der Waals surface area contributed by atoms with E-state index in [4.69, 9.17) is 14.2 Å². The Kier molecular flexibility index (Phi) is 9.11. The molecule has 8 nitrogen and oxygen atoms in total. The molecule has 1 aromatic heterocycles. The molecule has 0 aliphatic rings. The predicted molar refractivity (Wildman–Crippen MR) is 129 cm³/mol. The van der Waals surface area contributed by atoms with Gasteiger partial charge in [-0.15, -0.1) is 0 Å². The van der Waals surface area contributed by atoms with E-state index in [9.17, 15) is 10.1 Å². The molecule has 3 rings (SSSR count). The summed E-state index contributed by atoms with van der Waals surface area (Å²) in [5.41, 5.74) is 0.675.